The second-order valence-electron chi connectivity index (χ2n) is 6.36. The topological polar surface area (TPSA) is 69.6 Å². The van der Waals surface area contributed by atoms with Crippen molar-refractivity contribution in [3.63, 3.8) is 0 Å². The van der Waals surface area contributed by atoms with Crippen LogP contribution in [0.3, 0.4) is 0 Å². The predicted octanol–water partition coefficient (Wildman–Crippen LogP) is 2.15. The van der Waals surface area contributed by atoms with E-state index in [4.69, 9.17) is 16.7 Å². The highest BCUT2D eigenvalue weighted by Gasteiger charge is 2.44. The molecule has 5 nitrogen and oxygen atoms in total. The van der Waals surface area contributed by atoms with E-state index in [0.29, 0.717) is 38.9 Å². The summed E-state index contributed by atoms with van der Waals surface area (Å²) >= 11 is 5.96. The molecule has 1 atom stereocenters. The number of benzene rings is 1. The molecule has 1 aromatic carbocycles. The van der Waals surface area contributed by atoms with Gasteiger partial charge in [-0.1, -0.05) is 17.7 Å². The Morgan fingerprint density at radius 2 is 2.04 bits per heavy atom. The van der Waals surface area contributed by atoms with Crippen LogP contribution in [0, 0.1) is 11.2 Å². The van der Waals surface area contributed by atoms with Crippen molar-refractivity contribution in [1.29, 1.82) is 0 Å². The van der Waals surface area contributed by atoms with Crippen molar-refractivity contribution in [2.75, 3.05) is 19.6 Å². The van der Waals surface area contributed by atoms with Crippen LogP contribution in [0.15, 0.2) is 18.2 Å². The van der Waals surface area contributed by atoms with E-state index in [2.05, 4.69) is 5.32 Å². The van der Waals surface area contributed by atoms with E-state index >= 15 is 0 Å². The van der Waals surface area contributed by atoms with Crippen LogP contribution in [-0.4, -0.2) is 47.6 Å². The van der Waals surface area contributed by atoms with Gasteiger partial charge in [0.25, 0.3) is 5.91 Å². The van der Waals surface area contributed by atoms with Gasteiger partial charge in [0.1, 0.15) is 11.9 Å². The van der Waals surface area contributed by atoms with E-state index in [-0.39, 0.29) is 16.0 Å². The van der Waals surface area contributed by atoms with E-state index in [1.807, 2.05) is 0 Å². The molecule has 2 aliphatic rings. The van der Waals surface area contributed by atoms with Gasteiger partial charge < -0.3 is 15.3 Å². The Kier molecular flexibility index (Phi) is 4.29. The summed E-state index contributed by atoms with van der Waals surface area (Å²) in [4.78, 5) is 25.2. The molecule has 0 bridgehead atoms. The molecular weight excluding hydrogens is 323 g/mol. The fourth-order valence-corrected chi connectivity index (χ4v) is 3.76. The zero-order chi connectivity index (χ0) is 16.6. The molecule has 0 aromatic heterocycles. The molecule has 0 aliphatic carbocycles. The number of carbonyl (C=O) groups is 2. The molecule has 1 unspecified atom stereocenters. The number of amides is 1. The number of rotatable bonds is 2. The first-order chi connectivity index (χ1) is 10.9. The van der Waals surface area contributed by atoms with Gasteiger partial charge >= 0.3 is 5.97 Å². The first-order valence-electron chi connectivity index (χ1n) is 7.61. The minimum absolute atomic E-state index is 0.0845. The average Bonchev–Trinajstić information content (AvgIpc) is 2.92. The standard InChI is InChI=1S/C16H18ClFN2O3/c17-10-2-1-3-11(18)13(10)14(21)20-6-4-16(5-7-20)8-12(15(22)23)19-9-16/h1-3,12,19H,4-9H2,(H,22,23). The van der Waals surface area contributed by atoms with Crippen LogP contribution < -0.4 is 5.32 Å². The monoisotopic (exact) mass is 340 g/mol. The van der Waals surface area contributed by atoms with Crippen LogP contribution in [0.2, 0.25) is 5.02 Å². The fraction of sp³-hybridized carbons (Fsp3) is 0.500. The van der Waals surface area contributed by atoms with E-state index in [0.717, 1.165) is 0 Å². The maximum absolute atomic E-state index is 13.9. The van der Waals surface area contributed by atoms with Gasteiger partial charge in [0.05, 0.1) is 10.6 Å². The number of hydrogen-bond acceptors (Lipinski definition) is 3. The van der Waals surface area contributed by atoms with Crippen molar-refractivity contribution in [2.24, 2.45) is 5.41 Å². The lowest BCUT2D eigenvalue weighted by atomic mass is 9.76. The molecule has 1 amide bonds. The summed E-state index contributed by atoms with van der Waals surface area (Å²) in [6, 6.07) is 3.68. The second-order valence-corrected chi connectivity index (χ2v) is 6.77. The minimum Gasteiger partial charge on any atom is -0.480 e. The van der Waals surface area contributed by atoms with E-state index in [1.54, 1.807) is 4.90 Å². The number of carbonyl (C=O) groups excluding carboxylic acids is 1. The van der Waals surface area contributed by atoms with Crippen LogP contribution in [0.1, 0.15) is 29.6 Å². The van der Waals surface area contributed by atoms with E-state index in [9.17, 15) is 14.0 Å². The molecule has 1 spiro atoms. The van der Waals surface area contributed by atoms with E-state index in [1.165, 1.54) is 18.2 Å². The normalized spacial score (nSPS) is 23.2. The molecule has 0 radical (unpaired) electrons. The lowest BCUT2D eigenvalue weighted by molar-refractivity contribution is -0.139. The molecule has 2 N–H and O–H groups in total. The maximum atomic E-state index is 13.9. The van der Waals surface area contributed by atoms with E-state index < -0.39 is 23.7 Å². The molecule has 124 valence electrons. The van der Waals surface area contributed by atoms with Crippen LogP contribution in [0.4, 0.5) is 4.39 Å². The number of carboxylic acid groups (broad SMARTS) is 1. The van der Waals surface area contributed by atoms with Gasteiger partial charge in [-0.2, -0.15) is 0 Å². The van der Waals surface area contributed by atoms with Crippen molar-refractivity contribution < 1.29 is 19.1 Å². The number of nitrogens with one attached hydrogen (secondary N) is 1. The smallest absolute Gasteiger partial charge is 0.320 e. The fourth-order valence-electron chi connectivity index (χ4n) is 3.52. The van der Waals surface area contributed by atoms with Crippen molar-refractivity contribution in [3.8, 4) is 0 Å². The van der Waals surface area contributed by atoms with Gasteiger partial charge in [-0.15, -0.1) is 0 Å². The highest BCUT2D eigenvalue weighted by Crippen LogP contribution is 2.39. The van der Waals surface area contributed by atoms with Crippen LogP contribution in [0.25, 0.3) is 0 Å². The molecule has 7 heteroatoms. The molecule has 1 aromatic rings. The lowest BCUT2D eigenvalue weighted by Gasteiger charge is -2.39. The van der Waals surface area contributed by atoms with Crippen molar-refractivity contribution in [3.05, 3.63) is 34.6 Å². The van der Waals surface area contributed by atoms with Gasteiger partial charge in [0.15, 0.2) is 0 Å². The third-order valence-electron chi connectivity index (χ3n) is 4.95. The van der Waals surface area contributed by atoms with Crippen molar-refractivity contribution in [2.45, 2.75) is 25.3 Å². The molecule has 2 aliphatic heterocycles. The summed E-state index contributed by atoms with van der Waals surface area (Å²) < 4.78 is 13.9. The Morgan fingerprint density at radius 1 is 1.35 bits per heavy atom. The highest BCUT2D eigenvalue weighted by molar-refractivity contribution is 6.33. The second kappa shape index (κ2) is 6.09. The quantitative estimate of drug-likeness (QED) is 0.865. The molecule has 2 heterocycles. The van der Waals surface area contributed by atoms with Crippen LogP contribution >= 0.6 is 11.6 Å². The minimum atomic E-state index is -0.835. The molecule has 2 saturated heterocycles. The number of nitrogens with zero attached hydrogens (tertiary/aromatic N) is 1. The van der Waals surface area contributed by atoms with Gasteiger partial charge in [0.2, 0.25) is 0 Å². The molecule has 23 heavy (non-hydrogen) atoms. The summed E-state index contributed by atoms with van der Waals surface area (Å²) in [5.41, 5.74) is -0.170. The van der Waals surface area contributed by atoms with Crippen LogP contribution in [0.5, 0.6) is 0 Å². The number of likely N-dealkylation sites (tertiary alicyclic amines) is 1. The number of halogens is 2. The highest BCUT2D eigenvalue weighted by atomic mass is 35.5. The largest absolute Gasteiger partial charge is 0.480 e. The van der Waals surface area contributed by atoms with Gasteiger partial charge in [-0.25, -0.2) is 4.39 Å². The Hall–Kier alpha value is -1.66. The summed E-state index contributed by atoms with van der Waals surface area (Å²) in [5.74, 6) is -1.85. The average molecular weight is 341 g/mol. The lowest BCUT2D eigenvalue weighted by Crippen LogP contribution is -2.44. The van der Waals surface area contributed by atoms with Crippen molar-refractivity contribution in [1.82, 2.24) is 10.2 Å². The first kappa shape index (κ1) is 16.2. The zero-order valence-corrected chi connectivity index (χ0v) is 13.3. The van der Waals surface area contributed by atoms with Gasteiger partial charge in [-0.3, -0.25) is 9.59 Å². The molecule has 3 rings (SSSR count). The third kappa shape index (κ3) is 3.05. The summed E-state index contributed by atoms with van der Waals surface area (Å²) in [6.07, 6.45) is 1.99. The molecular formula is C16H18ClFN2O3. The maximum Gasteiger partial charge on any atom is 0.320 e. The Labute approximate surface area is 138 Å². The predicted molar refractivity (Wildman–Crippen MR) is 83.0 cm³/mol. The number of aliphatic carboxylic acids is 1. The number of piperidine rings is 1. The van der Waals surface area contributed by atoms with Gasteiger partial charge in [-0.05, 0) is 36.8 Å². The molecule has 0 saturated carbocycles. The van der Waals surface area contributed by atoms with Crippen molar-refractivity contribution >= 4 is 23.5 Å². The first-order valence-corrected chi connectivity index (χ1v) is 7.99. The molecule has 2 fully saturated rings. The third-order valence-corrected chi connectivity index (χ3v) is 5.26. The summed E-state index contributed by atoms with van der Waals surface area (Å²) in [7, 11) is 0. The SMILES string of the molecule is O=C(O)C1CC2(CCN(C(=O)c3c(F)cccc3Cl)CC2)CN1. The Balaban J connectivity index is 1.68. The zero-order valence-electron chi connectivity index (χ0n) is 12.5. The van der Waals surface area contributed by atoms with Gasteiger partial charge in [0, 0.05) is 19.6 Å². The number of carboxylic acids is 1. The Morgan fingerprint density at radius 3 is 2.61 bits per heavy atom. The number of hydrogen-bond donors (Lipinski definition) is 2. The summed E-state index contributed by atoms with van der Waals surface area (Å²) in [6.45, 7) is 1.61. The Bertz CT molecular complexity index is 624. The van der Waals surface area contributed by atoms with Crippen LogP contribution in [-0.2, 0) is 4.79 Å². The summed E-state index contributed by atoms with van der Waals surface area (Å²) in [5, 5.41) is 12.2.